The molecule has 0 aliphatic carbocycles. The molecule has 2 atom stereocenters. The predicted molar refractivity (Wildman–Crippen MR) is 65.6 cm³/mol. The van der Waals surface area contributed by atoms with Crippen LogP contribution in [0.25, 0.3) is 0 Å². The molecule has 0 aliphatic heterocycles. The normalized spacial score (nSPS) is 15.4. The molecule has 5 heteroatoms. The van der Waals surface area contributed by atoms with Crippen molar-refractivity contribution in [2.24, 2.45) is 11.8 Å². The number of nitrogens with one attached hydrogen (secondary N) is 1. The van der Waals surface area contributed by atoms with Crippen LogP contribution in [0.15, 0.2) is 24.3 Å². The largest absolute Gasteiger partial charge is 0.416 e. The summed E-state index contributed by atoms with van der Waals surface area (Å²) < 4.78 is 37.3. The minimum atomic E-state index is -4.29. The van der Waals surface area contributed by atoms with Gasteiger partial charge < -0.3 is 0 Å². The van der Waals surface area contributed by atoms with Gasteiger partial charge in [-0.25, -0.2) is 0 Å². The molecule has 0 saturated carbocycles. The number of alkyl halides is 3. The molecule has 0 heterocycles. The average Bonchev–Trinajstić information content (AvgIpc) is 2.30. The summed E-state index contributed by atoms with van der Waals surface area (Å²) in [5.41, 5.74) is 2.83. The summed E-state index contributed by atoms with van der Waals surface area (Å²) in [5, 5.41) is 0. The van der Waals surface area contributed by atoms with Crippen molar-refractivity contribution >= 4 is 0 Å². The third-order valence-electron chi connectivity index (χ3n) is 3.09. The Balaban J connectivity index is 2.88. The topological polar surface area (TPSA) is 38.0 Å². The number of rotatable bonds is 5. The summed E-state index contributed by atoms with van der Waals surface area (Å²) in [4.78, 5) is 0. The van der Waals surface area contributed by atoms with Crippen LogP contribution in [0, 0.1) is 5.92 Å². The fourth-order valence-electron chi connectivity index (χ4n) is 2.09. The van der Waals surface area contributed by atoms with E-state index in [1.807, 2.05) is 6.92 Å². The van der Waals surface area contributed by atoms with Gasteiger partial charge in [0.2, 0.25) is 0 Å². The maximum absolute atomic E-state index is 12.4. The van der Waals surface area contributed by atoms with E-state index in [1.54, 1.807) is 0 Å². The molecule has 2 unspecified atom stereocenters. The molecule has 0 aromatic heterocycles. The van der Waals surface area contributed by atoms with Crippen molar-refractivity contribution in [2.45, 2.75) is 38.9 Å². The lowest BCUT2D eigenvalue weighted by molar-refractivity contribution is -0.137. The number of halogens is 3. The van der Waals surface area contributed by atoms with E-state index in [2.05, 4.69) is 12.3 Å². The lowest BCUT2D eigenvalue weighted by Gasteiger charge is -2.23. The van der Waals surface area contributed by atoms with Gasteiger partial charge in [0.15, 0.2) is 0 Å². The van der Waals surface area contributed by atoms with Crippen LogP contribution in [0.1, 0.15) is 43.9 Å². The highest BCUT2D eigenvalue weighted by atomic mass is 19.4. The molecule has 102 valence electrons. The maximum atomic E-state index is 12.4. The minimum absolute atomic E-state index is 0.118. The van der Waals surface area contributed by atoms with Crippen molar-refractivity contribution in [1.82, 2.24) is 5.43 Å². The van der Waals surface area contributed by atoms with Gasteiger partial charge in [0, 0.05) is 6.04 Å². The monoisotopic (exact) mass is 260 g/mol. The van der Waals surface area contributed by atoms with Gasteiger partial charge in [-0.3, -0.25) is 11.3 Å². The highest BCUT2D eigenvalue weighted by Gasteiger charge is 2.30. The van der Waals surface area contributed by atoms with E-state index < -0.39 is 11.7 Å². The Morgan fingerprint density at radius 1 is 1.22 bits per heavy atom. The van der Waals surface area contributed by atoms with Crippen LogP contribution in [-0.4, -0.2) is 0 Å². The standard InChI is InChI=1S/C13H19F3N2/c1-3-4-9(2)12(18-17)10-5-7-11(8-6-10)13(14,15)16/h5-9,12,18H,3-4,17H2,1-2H3. The summed E-state index contributed by atoms with van der Waals surface area (Å²) in [5.74, 6) is 5.76. The molecule has 0 radical (unpaired) electrons. The Bertz CT molecular complexity index is 359. The predicted octanol–water partition coefficient (Wildman–Crippen LogP) is 3.65. The lowest BCUT2D eigenvalue weighted by Crippen LogP contribution is -2.32. The van der Waals surface area contributed by atoms with Gasteiger partial charge in [0.25, 0.3) is 0 Å². The molecule has 0 fully saturated rings. The van der Waals surface area contributed by atoms with Gasteiger partial charge in [0.05, 0.1) is 5.56 Å². The highest BCUT2D eigenvalue weighted by Crippen LogP contribution is 2.31. The van der Waals surface area contributed by atoms with E-state index in [1.165, 1.54) is 12.1 Å². The molecule has 3 N–H and O–H groups in total. The van der Waals surface area contributed by atoms with Crippen LogP contribution >= 0.6 is 0 Å². The first-order valence-corrected chi connectivity index (χ1v) is 6.03. The van der Waals surface area contributed by atoms with Crippen LogP contribution < -0.4 is 11.3 Å². The second-order valence-corrected chi connectivity index (χ2v) is 4.53. The Hall–Kier alpha value is -1.07. The first-order chi connectivity index (χ1) is 8.40. The van der Waals surface area contributed by atoms with E-state index in [-0.39, 0.29) is 12.0 Å². The highest BCUT2D eigenvalue weighted by molar-refractivity contribution is 5.27. The molecule has 0 amide bonds. The van der Waals surface area contributed by atoms with E-state index >= 15 is 0 Å². The number of hydrogen-bond donors (Lipinski definition) is 2. The zero-order valence-corrected chi connectivity index (χ0v) is 10.6. The van der Waals surface area contributed by atoms with Gasteiger partial charge in [-0.05, 0) is 30.0 Å². The van der Waals surface area contributed by atoms with Crippen molar-refractivity contribution in [3.63, 3.8) is 0 Å². The van der Waals surface area contributed by atoms with E-state index in [4.69, 9.17) is 5.84 Å². The number of hydrogen-bond acceptors (Lipinski definition) is 2. The second-order valence-electron chi connectivity index (χ2n) is 4.53. The molecule has 2 nitrogen and oxygen atoms in total. The molecular formula is C13H19F3N2. The Morgan fingerprint density at radius 2 is 1.78 bits per heavy atom. The minimum Gasteiger partial charge on any atom is -0.271 e. The lowest BCUT2D eigenvalue weighted by atomic mass is 9.91. The summed E-state index contributed by atoms with van der Waals surface area (Å²) >= 11 is 0. The van der Waals surface area contributed by atoms with E-state index in [9.17, 15) is 13.2 Å². The molecule has 0 saturated heterocycles. The first kappa shape index (κ1) is 15.0. The van der Waals surface area contributed by atoms with Crippen molar-refractivity contribution in [2.75, 3.05) is 0 Å². The quantitative estimate of drug-likeness (QED) is 0.626. The third kappa shape index (κ3) is 3.71. The molecule has 18 heavy (non-hydrogen) atoms. The van der Waals surface area contributed by atoms with E-state index in [0.717, 1.165) is 30.5 Å². The van der Waals surface area contributed by atoms with Crippen LogP contribution in [0.2, 0.25) is 0 Å². The van der Waals surface area contributed by atoms with Crippen molar-refractivity contribution < 1.29 is 13.2 Å². The molecule has 1 aromatic rings. The number of benzene rings is 1. The fraction of sp³-hybridized carbons (Fsp3) is 0.538. The SMILES string of the molecule is CCCC(C)C(NN)c1ccc(C(F)(F)F)cc1. The van der Waals surface area contributed by atoms with Crippen LogP contribution in [-0.2, 0) is 6.18 Å². The summed E-state index contributed by atoms with van der Waals surface area (Å²) in [7, 11) is 0. The summed E-state index contributed by atoms with van der Waals surface area (Å²) in [6.07, 6.45) is -2.31. The smallest absolute Gasteiger partial charge is 0.271 e. The van der Waals surface area contributed by atoms with Gasteiger partial charge in [-0.2, -0.15) is 13.2 Å². The molecule has 0 spiro atoms. The van der Waals surface area contributed by atoms with E-state index in [0.29, 0.717) is 0 Å². The molecular weight excluding hydrogens is 241 g/mol. The van der Waals surface area contributed by atoms with Gasteiger partial charge >= 0.3 is 6.18 Å². The Morgan fingerprint density at radius 3 is 2.17 bits per heavy atom. The summed E-state index contributed by atoms with van der Waals surface area (Å²) in [6.45, 7) is 4.10. The zero-order chi connectivity index (χ0) is 13.8. The first-order valence-electron chi connectivity index (χ1n) is 6.03. The Labute approximate surface area is 105 Å². The number of hydrazine groups is 1. The van der Waals surface area contributed by atoms with Crippen LogP contribution in [0.5, 0.6) is 0 Å². The Kier molecular flexibility index (Phi) is 5.16. The van der Waals surface area contributed by atoms with Gasteiger partial charge in [0.1, 0.15) is 0 Å². The van der Waals surface area contributed by atoms with Crippen molar-refractivity contribution in [3.05, 3.63) is 35.4 Å². The van der Waals surface area contributed by atoms with Crippen LogP contribution in [0.4, 0.5) is 13.2 Å². The fourth-order valence-corrected chi connectivity index (χ4v) is 2.09. The second kappa shape index (κ2) is 6.20. The molecule has 0 aliphatic rings. The van der Waals surface area contributed by atoms with Crippen molar-refractivity contribution in [3.8, 4) is 0 Å². The average molecular weight is 260 g/mol. The molecule has 1 rings (SSSR count). The zero-order valence-electron chi connectivity index (χ0n) is 10.6. The number of nitrogens with two attached hydrogens (primary N) is 1. The van der Waals surface area contributed by atoms with Gasteiger partial charge in [-0.1, -0.05) is 32.4 Å². The van der Waals surface area contributed by atoms with Crippen LogP contribution in [0.3, 0.4) is 0 Å². The third-order valence-corrected chi connectivity index (χ3v) is 3.09. The summed E-state index contributed by atoms with van der Waals surface area (Å²) in [6, 6.07) is 5.04. The van der Waals surface area contributed by atoms with Crippen molar-refractivity contribution in [1.29, 1.82) is 0 Å². The molecule has 1 aromatic carbocycles. The van der Waals surface area contributed by atoms with Gasteiger partial charge in [-0.15, -0.1) is 0 Å². The molecule has 0 bridgehead atoms. The maximum Gasteiger partial charge on any atom is 0.416 e.